The lowest BCUT2D eigenvalue weighted by Crippen LogP contribution is -2.60. The van der Waals surface area contributed by atoms with Gasteiger partial charge in [-0.25, -0.2) is 0 Å². The van der Waals surface area contributed by atoms with Crippen molar-refractivity contribution in [2.24, 2.45) is 0 Å². The Kier molecular flexibility index (Phi) is 34.1. The molecule has 2 unspecified atom stereocenters. The third-order valence-electron chi connectivity index (χ3n) is 10.1. The van der Waals surface area contributed by atoms with Crippen LogP contribution in [0.4, 0.5) is 0 Å². The van der Waals surface area contributed by atoms with E-state index in [0.717, 1.165) is 89.9 Å². The van der Waals surface area contributed by atoms with E-state index in [1.807, 2.05) is 0 Å². The average molecular weight is 869 g/mol. The van der Waals surface area contributed by atoms with Crippen LogP contribution in [0, 0.1) is 0 Å². The predicted molar refractivity (Wildman–Crippen MR) is 238 cm³/mol. The number of ether oxygens (including phenoxy) is 4. The second kappa shape index (κ2) is 37.0. The van der Waals surface area contributed by atoms with Crippen molar-refractivity contribution in [3.05, 3.63) is 60.8 Å². The molecule has 4 N–H and O–H groups in total. The van der Waals surface area contributed by atoms with E-state index in [2.05, 4.69) is 74.6 Å². The maximum atomic E-state index is 12.8. The van der Waals surface area contributed by atoms with Crippen LogP contribution in [-0.4, -0.2) is 96.0 Å². The second-order valence-electron chi connectivity index (χ2n) is 15.7. The summed E-state index contributed by atoms with van der Waals surface area (Å²) in [5.41, 5.74) is 0. The van der Waals surface area contributed by atoms with E-state index in [1.165, 1.54) is 38.5 Å². The minimum Gasteiger partial charge on any atom is -0.462 e. The summed E-state index contributed by atoms with van der Waals surface area (Å²) in [4.78, 5) is 25.4. The quantitative estimate of drug-likeness (QED) is 0.0201. The van der Waals surface area contributed by atoms with E-state index in [9.17, 15) is 37.9 Å². The van der Waals surface area contributed by atoms with Crippen molar-refractivity contribution in [3.63, 3.8) is 0 Å². The molecule has 1 saturated heterocycles. The average Bonchev–Trinajstić information content (AvgIpc) is 3.21. The molecule has 6 atom stereocenters. The highest BCUT2D eigenvalue weighted by Crippen LogP contribution is 2.24. The third kappa shape index (κ3) is 31.2. The first-order chi connectivity index (χ1) is 29.0. The Morgan fingerprint density at radius 2 is 1.00 bits per heavy atom. The van der Waals surface area contributed by atoms with Crippen molar-refractivity contribution in [2.75, 3.05) is 19.0 Å². The van der Waals surface area contributed by atoms with Crippen LogP contribution < -0.4 is 0 Å². The number of unbranched alkanes of at least 4 members (excludes halogenated alkanes) is 15. The van der Waals surface area contributed by atoms with Gasteiger partial charge in [0, 0.05) is 12.8 Å². The van der Waals surface area contributed by atoms with Gasteiger partial charge >= 0.3 is 11.9 Å². The Labute approximate surface area is 362 Å². The van der Waals surface area contributed by atoms with Crippen LogP contribution >= 0.6 is 0 Å². The molecule has 1 fully saturated rings. The van der Waals surface area contributed by atoms with Crippen molar-refractivity contribution in [1.29, 1.82) is 0 Å². The molecule has 60 heavy (non-hydrogen) atoms. The molecule has 0 bridgehead atoms. The molecule has 0 aromatic carbocycles. The van der Waals surface area contributed by atoms with Gasteiger partial charge in [0.1, 0.15) is 36.8 Å². The van der Waals surface area contributed by atoms with Gasteiger partial charge < -0.3 is 34.3 Å². The Bertz CT molecular complexity index is 1340. The molecule has 1 aliphatic rings. The highest BCUT2D eigenvalue weighted by molar-refractivity contribution is 7.85. The number of carbonyl (C=O) groups is 2. The van der Waals surface area contributed by atoms with E-state index in [0.29, 0.717) is 12.8 Å². The van der Waals surface area contributed by atoms with Crippen LogP contribution in [0.1, 0.15) is 168 Å². The van der Waals surface area contributed by atoms with Crippen molar-refractivity contribution in [2.45, 2.75) is 205 Å². The maximum absolute atomic E-state index is 12.8. The normalized spacial score (nSPS) is 20.7. The fourth-order valence-corrected chi connectivity index (χ4v) is 7.17. The SMILES string of the molecule is CCCCC/C=C/C/C=C/C/C=C/CCCCCCC(=O)OC[C@H](CO[C@H]1O[C@H](CS(=O)(=O)O)[C@@H](O)C(O)C1O)OC(=O)CCCCCCC/C=C/C/C=C/CCCCC. The molecular weight excluding hydrogens is 789 g/mol. The number of rotatable bonds is 37. The van der Waals surface area contributed by atoms with E-state index < -0.39 is 71.2 Å². The van der Waals surface area contributed by atoms with Crippen molar-refractivity contribution in [1.82, 2.24) is 0 Å². The molecule has 0 aromatic rings. The number of aliphatic hydroxyl groups is 3. The maximum Gasteiger partial charge on any atom is 0.306 e. The zero-order valence-electron chi connectivity index (χ0n) is 36.8. The number of allylic oxidation sites excluding steroid dienone is 10. The van der Waals surface area contributed by atoms with Crippen molar-refractivity contribution in [3.8, 4) is 0 Å². The van der Waals surface area contributed by atoms with Gasteiger partial charge in [-0.3, -0.25) is 14.1 Å². The van der Waals surface area contributed by atoms with Gasteiger partial charge in [0.25, 0.3) is 10.1 Å². The Hall–Kier alpha value is -2.65. The van der Waals surface area contributed by atoms with Crippen LogP contribution in [0.5, 0.6) is 0 Å². The summed E-state index contributed by atoms with van der Waals surface area (Å²) in [6.45, 7) is 3.66. The van der Waals surface area contributed by atoms with Gasteiger partial charge in [0.05, 0.1) is 6.61 Å². The molecule has 1 aliphatic heterocycles. The van der Waals surface area contributed by atoms with Gasteiger partial charge in [0.15, 0.2) is 12.4 Å². The topological polar surface area (TPSA) is 186 Å². The summed E-state index contributed by atoms with van der Waals surface area (Å²) in [5, 5.41) is 30.9. The molecule has 0 spiro atoms. The summed E-state index contributed by atoms with van der Waals surface area (Å²) >= 11 is 0. The van der Waals surface area contributed by atoms with Crippen LogP contribution in [0.25, 0.3) is 0 Å². The second-order valence-corrected chi connectivity index (χ2v) is 17.2. The van der Waals surface area contributed by atoms with Gasteiger partial charge in [-0.05, 0) is 83.5 Å². The highest BCUT2D eigenvalue weighted by atomic mass is 32.2. The number of carbonyl (C=O) groups excluding carboxylic acids is 2. The first-order valence-electron chi connectivity index (χ1n) is 22.8. The Morgan fingerprint density at radius 1 is 0.567 bits per heavy atom. The molecule has 1 rings (SSSR count). The molecule has 0 radical (unpaired) electrons. The standard InChI is InChI=1S/C47H80O12S/c1-3-5-7-9-11-13-15-17-19-20-22-23-25-27-29-31-33-35-42(48)56-37-40(38-57-47-46(52)45(51)44(50)41(59-47)39-60(53,54)55)58-43(49)36-34-32-30-28-26-24-21-18-16-14-12-10-8-6-4-2/h11-14,17-19,21-23,40-41,44-47,50-52H,3-10,15-16,20,24-39H2,1-2H3,(H,53,54,55)/b13-11+,14-12+,19-17+,21-18+,23-22+/t40-,41-,44-,45?,46?,47+/m1/s1. The van der Waals surface area contributed by atoms with Gasteiger partial charge in [-0.2, -0.15) is 8.42 Å². The number of aliphatic hydroxyl groups excluding tert-OH is 3. The smallest absolute Gasteiger partial charge is 0.306 e. The van der Waals surface area contributed by atoms with Crippen LogP contribution in [-0.2, 0) is 38.7 Å². The fraction of sp³-hybridized carbons (Fsp3) is 0.745. The molecule has 0 amide bonds. The molecule has 0 aliphatic carbocycles. The first-order valence-corrected chi connectivity index (χ1v) is 24.5. The third-order valence-corrected chi connectivity index (χ3v) is 10.8. The summed E-state index contributed by atoms with van der Waals surface area (Å²) in [7, 11) is -4.61. The lowest BCUT2D eigenvalue weighted by molar-refractivity contribution is -0.297. The molecule has 13 heteroatoms. The van der Waals surface area contributed by atoms with Crippen LogP contribution in [0.2, 0.25) is 0 Å². The largest absolute Gasteiger partial charge is 0.462 e. The van der Waals surface area contributed by atoms with Gasteiger partial charge in [-0.15, -0.1) is 0 Å². The Morgan fingerprint density at radius 3 is 1.48 bits per heavy atom. The van der Waals surface area contributed by atoms with Crippen molar-refractivity contribution >= 4 is 22.1 Å². The van der Waals surface area contributed by atoms with Crippen LogP contribution in [0.15, 0.2) is 60.8 Å². The number of hydrogen-bond acceptors (Lipinski definition) is 11. The van der Waals surface area contributed by atoms with Crippen molar-refractivity contribution < 1.29 is 56.8 Å². The molecule has 1 heterocycles. The molecule has 0 saturated carbocycles. The number of esters is 2. The summed E-state index contributed by atoms with van der Waals surface area (Å²) < 4.78 is 54.0. The zero-order chi connectivity index (χ0) is 44.1. The first kappa shape index (κ1) is 55.4. The summed E-state index contributed by atoms with van der Waals surface area (Å²) in [5.74, 6) is -2.04. The monoisotopic (exact) mass is 869 g/mol. The van der Waals surface area contributed by atoms with E-state index >= 15 is 0 Å². The van der Waals surface area contributed by atoms with Crippen LogP contribution in [0.3, 0.4) is 0 Å². The molecule has 346 valence electrons. The Balaban J connectivity index is 2.48. The van der Waals surface area contributed by atoms with E-state index in [-0.39, 0.29) is 19.4 Å². The molecule has 12 nitrogen and oxygen atoms in total. The molecular formula is C47H80O12S. The highest BCUT2D eigenvalue weighted by Gasteiger charge is 2.46. The summed E-state index contributed by atoms with van der Waals surface area (Å²) in [6.07, 6.45) is 35.4. The lowest BCUT2D eigenvalue weighted by Gasteiger charge is -2.40. The van der Waals surface area contributed by atoms with E-state index in [4.69, 9.17) is 18.9 Å². The minimum atomic E-state index is -4.61. The number of hydrogen-bond donors (Lipinski definition) is 4. The fourth-order valence-electron chi connectivity index (χ4n) is 6.48. The summed E-state index contributed by atoms with van der Waals surface area (Å²) in [6, 6.07) is 0. The molecule has 0 aromatic heterocycles. The zero-order valence-corrected chi connectivity index (χ0v) is 37.6. The minimum absolute atomic E-state index is 0.140. The van der Waals surface area contributed by atoms with Gasteiger partial charge in [-0.1, -0.05) is 132 Å². The van der Waals surface area contributed by atoms with Gasteiger partial charge in [0.2, 0.25) is 0 Å². The lowest BCUT2D eigenvalue weighted by atomic mass is 10.00. The predicted octanol–water partition coefficient (Wildman–Crippen LogP) is 9.34. The van der Waals surface area contributed by atoms with E-state index in [1.54, 1.807) is 0 Å².